The molecule has 0 atom stereocenters. The van der Waals surface area contributed by atoms with E-state index < -0.39 is 0 Å². The molecular weight excluding hydrogens is 458 g/mol. The molecule has 2 N–H and O–H groups in total. The molecule has 0 saturated carbocycles. The standard InChI is InChI=1S/C30H57N7/c1-12-14-16-36(23-18-27(4,5)34-28(6,7)19-23)25-31-22(3)32-26(33-25)37(17-15-13-2)24-20-29(8,9)35-30(10,11)21-24/h23-24,34-35H,12-21H2,1-11H3. The smallest absolute Gasteiger partial charge is 0.230 e. The van der Waals surface area contributed by atoms with Gasteiger partial charge in [0.1, 0.15) is 5.82 Å². The van der Waals surface area contributed by atoms with E-state index in [0.29, 0.717) is 12.1 Å². The van der Waals surface area contributed by atoms with Gasteiger partial charge >= 0.3 is 0 Å². The average Bonchev–Trinajstić information content (AvgIpc) is 2.69. The summed E-state index contributed by atoms with van der Waals surface area (Å²) in [7, 11) is 0. The van der Waals surface area contributed by atoms with E-state index in [1.165, 1.54) is 0 Å². The molecule has 2 fully saturated rings. The fourth-order valence-corrected chi connectivity index (χ4v) is 7.24. The lowest BCUT2D eigenvalue weighted by Crippen LogP contribution is -2.63. The first kappa shape index (κ1) is 30.1. The lowest BCUT2D eigenvalue weighted by atomic mass is 9.79. The highest BCUT2D eigenvalue weighted by Crippen LogP contribution is 2.36. The molecule has 0 aromatic carbocycles. The van der Waals surface area contributed by atoms with Gasteiger partial charge in [0.2, 0.25) is 11.9 Å². The topological polar surface area (TPSA) is 69.2 Å². The van der Waals surface area contributed by atoms with Gasteiger partial charge in [0.05, 0.1) is 0 Å². The Morgan fingerprint density at radius 3 is 1.24 bits per heavy atom. The van der Waals surface area contributed by atoms with Crippen LogP contribution in [0.15, 0.2) is 0 Å². The third kappa shape index (κ3) is 8.26. The molecule has 7 nitrogen and oxygen atoms in total. The van der Waals surface area contributed by atoms with Crippen LogP contribution in [-0.2, 0) is 0 Å². The summed E-state index contributed by atoms with van der Waals surface area (Å²) in [6.45, 7) is 27.2. The average molecular weight is 516 g/mol. The third-order valence-corrected chi connectivity index (χ3v) is 7.96. The summed E-state index contributed by atoms with van der Waals surface area (Å²) in [4.78, 5) is 20.2. The van der Waals surface area contributed by atoms with Crippen molar-refractivity contribution in [2.75, 3.05) is 22.9 Å². The molecule has 2 aliphatic rings. The van der Waals surface area contributed by atoms with Crippen LogP contribution in [-0.4, -0.2) is 62.3 Å². The molecular formula is C30H57N7. The molecule has 3 rings (SSSR count). The largest absolute Gasteiger partial charge is 0.338 e. The van der Waals surface area contributed by atoms with Crippen molar-refractivity contribution in [2.45, 2.75) is 162 Å². The van der Waals surface area contributed by atoms with Crippen molar-refractivity contribution in [3.63, 3.8) is 0 Å². The molecule has 0 aliphatic carbocycles. The van der Waals surface area contributed by atoms with Gasteiger partial charge in [-0.1, -0.05) is 26.7 Å². The summed E-state index contributed by atoms with van der Waals surface area (Å²) < 4.78 is 0. The second kappa shape index (κ2) is 11.3. The molecule has 0 radical (unpaired) electrons. The number of piperidine rings is 2. The van der Waals surface area contributed by atoms with E-state index in [1.807, 2.05) is 6.92 Å². The number of aromatic nitrogens is 3. The summed E-state index contributed by atoms with van der Waals surface area (Å²) in [5.74, 6) is 2.55. The summed E-state index contributed by atoms with van der Waals surface area (Å²) in [6, 6.07) is 0.793. The van der Waals surface area contributed by atoms with Crippen molar-refractivity contribution in [1.82, 2.24) is 25.6 Å². The highest BCUT2D eigenvalue weighted by atomic mass is 15.4. The van der Waals surface area contributed by atoms with Crippen LogP contribution in [0.4, 0.5) is 11.9 Å². The monoisotopic (exact) mass is 515 g/mol. The van der Waals surface area contributed by atoms with E-state index in [2.05, 4.69) is 89.7 Å². The van der Waals surface area contributed by atoms with Crippen molar-refractivity contribution < 1.29 is 0 Å². The zero-order valence-electron chi connectivity index (χ0n) is 26.0. The van der Waals surface area contributed by atoms with Crippen LogP contribution in [0.2, 0.25) is 0 Å². The number of anilines is 2. The van der Waals surface area contributed by atoms with Crippen LogP contribution in [0.5, 0.6) is 0 Å². The minimum atomic E-state index is 0.0706. The van der Waals surface area contributed by atoms with E-state index in [0.717, 1.165) is 82.2 Å². The van der Waals surface area contributed by atoms with Gasteiger partial charge in [0.25, 0.3) is 0 Å². The Morgan fingerprint density at radius 1 is 0.622 bits per heavy atom. The number of rotatable bonds is 10. The van der Waals surface area contributed by atoms with Crippen molar-refractivity contribution in [3.8, 4) is 0 Å². The van der Waals surface area contributed by atoms with Crippen LogP contribution in [0, 0.1) is 6.92 Å². The Morgan fingerprint density at radius 2 is 0.946 bits per heavy atom. The fourth-order valence-electron chi connectivity index (χ4n) is 7.24. The normalized spacial score (nSPS) is 23.1. The number of nitrogens with one attached hydrogen (secondary N) is 2. The third-order valence-electron chi connectivity index (χ3n) is 7.96. The molecule has 0 unspecified atom stereocenters. The van der Waals surface area contributed by atoms with Crippen LogP contribution < -0.4 is 20.4 Å². The maximum absolute atomic E-state index is 5.27. The number of unbranched alkanes of at least 4 members (excludes halogenated alkanes) is 2. The lowest BCUT2D eigenvalue weighted by Gasteiger charge is -2.50. The summed E-state index contributed by atoms with van der Waals surface area (Å²) >= 11 is 0. The van der Waals surface area contributed by atoms with Crippen molar-refractivity contribution in [2.24, 2.45) is 0 Å². The highest BCUT2D eigenvalue weighted by molar-refractivity contribution is 5.42. The SMILES string of the molecule is CCCCN(c1nc(C)nc(N(CCCC)C2CC(C)(C)NC(C)(C)C2)n1)C1CC(C)(C)NC(C)(C)C1. The van der Waals surface area contributed by atoms with Gasteiger partial charge < -0.3 is 20.4 Å². The van der Waals surface area contributed by atoms with E-state index >= 15 is 0 Å². The van der Waals surface area contributed by atoms with E-state index in [-0.39, 0.29) is 22.2 Å². The van der Waals surface area contributed by atoms with Gasteiger partial charge in [-0.25, -0.2) is 0 Å². The maximum atomic E-state index is 5.27. The molecule has 1 aromatic rings. The molecule has 3 heterocycles. The molecule has 0 amide bonds. The minimum Gasteiger partial charge on any atom is -0.338 e. The van der Waals surface area contributed by atoms with Crippen LogP contribution in [0.1, 0.15) is 126 Å². The lowest BCUT2D eigenvalue weighted by molar-refractivity contribution is 0.157. The fraction of sp³-hybridized carbons (Fsp3) is 0.900. The van der Waals surface area contributed by atoms with Crippen LogP contribution in [0.25, 0.3) is 0 Å². The number of hydrogen-bond donors (Lipinski definition) is 2. The van der Waals surface area contributed by atoms with E-state index in [1.54, 1.807) is 0 Å². The zero-order chi connectivity index (χ0) is 27.6. The second-order valence-corrected chi connectivity index (χ2v) is 14.5. The van der Waals surface area contributed by atoms with Crippen molar-refractivity contribution in [1.29, 1.82) is 0 Å². The van der Waals surface area contributed by atoms with Gasteiger partial charge in [-0.3, -0.25) is 0 Å². The van der Waals surface area contributed by atoms with Gasteiger partial charge in [0, 0.05) is 47.3 Å². The van der Waals surface area contributed by atoms with Crippen molar-refractivity contribution in [3.05, 3.63) is 5.82 Å². The van der Waals surface area contributed by atoms with E-state index in [4.69, 9.17) is 15.0 Å². The Labute approximate surface area is 228 Å². The first-order chi connectivity index (χ1) is 17.1. The highest BCUT2D eigenvalue weighted by Gasteiger charge is 2.42. The van der Waals surface area contributed by atoms with Gasteiger partial charge in [0.15, 0.2) is 0 Å². The molecule has 0 bridgehead atoms. The second-order valence-electron chi connectivity index (χ2n) is 14.5. The Kier molecular flexibility index (Phi) is 9.21. The number of aryl methyl sites for hydroxylation is 1. The molecule has 7 heteroatoms. The summed E-state index contributed by atoms with van der Waals surface area (Å²) in [6.07, 6.45) is 8.92. The first-order valence-corrected chi connectivity index (χ1v) is 14.9. The quantitative estimate of drug-likeness (QED) is 0.395. The van der Waals surface area contributed by atoms with Gasteiger partial charge in [-0.05, 0) is 101 Å². The molecule has 0 spiro atoms. The Balaban J connectivity index is 2.02. The summed E-state index contributed by atoms with van der Waals surface area (Å²) in [5.41, 5.74) is 0.283. The molecule has 2 aliphatic heterocycles. The number of nitrogens with zero attached hydrogens (tertiary/aromatic N) is 5. The van der Waals surface area contributed by atoms with Crippen LogP contribution in [0.3, 0.4) is 0 Å². The Bertz CT molecular complexity index is 792. The van der Waals surface area contributed by atoms with Gasteiger partial charge in [-0.15, -0.1) is 0 Å². The molecule has 1 aromatic heterocycles. The Hall–Kier alpha value is -1.47. The van der Waals surface area contributed by atoms with Crippen molar-refractivity contribution >= 4 is 11.9 Å². The van der Waals surface area contributed by atoms with Crippen LogP contribution >= 0.6 is 0 Å². The predicted octanol–water partition coefficient (Wildman–Crippen LogP) is 6.01. The maximum Gasteiger partial charge on any atom is 0.230 e. The molecule has 2 saturated heterocycles. The predicted molar refractivity (Wildman–Crippen MR) is 158 cm³/mol. The number of hydrogen-bond acceptors (Lipinski definition) is 7. The van der Waals surface area contributed by atoms with Gasteiger partial charge in [-0.2, -0.15) is 15.0 Å². The minimum absolute atomic E-state index is 0.0706. The molecule has 212 valence electrons. The zero-order valence-corrected chi connectivity index (χ0v) is 26.0. The molecule has 37 heavy (non-hydrogen) atoms. The summed E-state index contributed by atoms with van der Waals surface area (Å²) in [5, 5.41) is 7.71. The van der Waals surface area contributed by atoms with E-state index in [9.17, 15) is 0 Å². The first-order valence-electron chi connectivity index (χ1n) is 14.9.